The van der Waals surface area contributed by atoms with Gasteiger partial charge in [-0.3, -0.25) is 14.3 Å². The van der Waals surface area contributed by atoms with Crippen molar-refractivity contribution in [3.05, 3.63) is 88.7 Å². The number of rotatable bonds is 5. The first-order valence-corrected chi connectivity index (χ1v) is 14.4. The quantitative estimate of drug-likeness (QED) is 0.310. The van der Waals surface area contributed by atoms with Crippen LogP contribution in [0.3, 0.4) is 0 Å². The maximum atomic E-state index is 13.6. The molecule has 0 unspecified atom stereocenters. The Morgan fingerprint density at radius 3 is 2.45 bits per heavy atom. The SMILES string of the molecule is Cc1ccccc1N1CCN(C(=O)[C@H]2CCCN(Cc3nc4ccccc4n3-c3ccc(Br)cc3)C2)CC1. The molecule has 1 atom stereocenters. The van der Waals surface area contributed by atoms with Gasteiger partial charge in [0.05, 0.1) is 23.5 Å². The van der Waals surface area contributed by atoms with E-state index in [1.165, 1.54) is 11.3 Å². The molecular formula is C31H34BrN5O. The van der Waals surface area contributed by atoms with E-state index in [1.807, 2.05) is 6.07 Å². The van der Waals surface area contributed by atoms with Gasteiger partial charge < -0.3 is 9.80 Å². The summed E-state index contributed by atoms with van der Waals surface area (Å²) >= 11 is 3.56. The second-order valence-corrected chi connectivity index (χ2v) is 11.4. The van der Waals surface area contributed by atoms with Crippen molar-refractivity contribution in [2.75, 3.05) is 44.2 Å². The lowest BCUT2D eigenvalue weighted by atomic mass is 9.96. The molecule has 0 radical (unpaired) electrons. The van der Waals surface area contributed by atoms with Crippen LogP contribution in [-0.2, 0) is 11.3 Å². The number of nitrogens with zero attached hydrogens (tertiary/aromatic N) is 5. The molecule has 2 aliphatic rings. The lowest BCUT2D eigenvalue weighted by Crippen LogP contribution is -2.52. The highest BCUT2D eigenvalue weighted by Crippen LogP contribution is 2.27. The van der Waals surface area contributed by atoms with Gasteiger partial charge in [-0.05, 0) is 74.3 Å². The van der Waals surface area contributed by atoms with E-state index in [4.69, 9.17) is 4.98 Å². The molecule has 0 N–H and O–H groups in total. The summed E-state index contributed by atoms with van der Waals surface area (Å²) in [6.45, 7) is 8.05. The molecule has 1 amide bonds. The van der Waals surface area contributed by atoms with Gasteiger partial charge in [-0.25, -0.2) is 4.98 Å². The van der Waals surface area contributed by atoms with Crippen LogP contribution in [0.15, 0.2) is 77.3 Å². The second kappa shape index (κ2) is 10.9. The summed E-state index contributed by atoms with van der Waals surface area (Å²) in [5.41, 5.74) is 5.80. The third kappa shape index (κ3) is 5.09. The third-order valence-electron chi connectivity index (χ3n) is 7.98. The van der Waals surface area contributed by atoms with E-state index >= 15 is 0 Å². The van der Waals surface area contributed by atoms with Crippen LogP contribution in [0.1, 0.15) is 24.2 Å². The predicted octanol–water partition coefficient (Wildman–Crippen LogP) is 5.66. The molecular weight excluding hydrogens is 538 g/mol. The Balaban J connectivity index is 1.14. The van der Waals surface area contributed by atoms with Gasteiger partial charge in [0.15, 0.2) is 0 Å². The minimum absolute atomic E-state index is 0.0549. The topological polar surface area (TPSA) is 44.6 Å². The van der Waals surface area contributed by atoms with Crippen molar-refractivity contribution in [2.45, 2.75) is 26.3 Å². The lowest BCUT2D eigenvalue weighted by molar-refractivity contribution is -0.137. The highest BCUT2D eigenvalue weighted by molar-refractivity contribution is 9.10. The van der Waals surface area contributed by atoms with Gasteiger partial charge in [-0.2, -0.15) is 0 Å². The maximum absolute atomic E-state index is 13.6. The van der Waals surface area contributed by atoms with E-state index in [0.29, 0.717) is 5.91 Å². The summed E-state index contributed by atoms with van der Waals surface area (Å²) in [6, 6.07) is 25.2. The number of carbonyl (C=O) groups excluding carboxylic acids is 1. The van der Waals surface area contributed by atoms with E-state index < -0.39 is 0 Å². The number of likely N-dealkylation sites (tertiary alicyclic amines) is 1. The number of para-hydroxylation sites is 3. The van der Waals surface area contributed by atoms with Crippen molar-refractivity contribution in [3.63, 3.8) is 0 Å². The van der Waals surface area contributed by atoms with E-state index in [2.05, 4.69) is 109 Å². The van der Waals surface area contributed by atoms with Crippen LogP contribution in [0.2, 0.25) is 0 Å². The number of aryl methyl sites for hydroxylation is 1. The molecule has 0 aliphatic carbocycles. The highest BCUT2D eigenvalue weighted by Gasteiger charge is 2.32. The van der Waals surface area contributed by atoms with Crippen molar-refractivity contribution in [1.29, 1.82) is 0 Å². The summed E-state index contributed by atoms with van der Waals surface area (Å²) < 4.78 is 3.32. The first kappa shape index (κ1) is 25.1. The van der Waals surface area contributed by atoms with Crippen LogP contribution in [0.5, 0.6) is 0 Å². The number of aromatic nitrogens is 2. The number of carbonyl (C=O) groups is 1. The molecule has 0 saturated carbocycles. The number of hydrogen-bond donors (Lipinski definition) is 0. The van der Waals surface area contributed by atoms with Gasteiger partial charge in [0.25, 0.3) is 0 Å². The summed E-state index contributed by atoms with van der Waals surface area (Å²) in [5.74, 6) is 1.40. The van der Waals surface area contributed by atoms with Gasteiger partial charge >= 0.3 is 0 Å². The Kier molecular flexibility index (Phi) is 7.22. The summed E-state index contributed by atoms with van der Waals surface area (Å²) in [5, 5.41) is 0. The third-order valence-corrected chi connectivity index (χ3v) is 8.51. The van der Waals surface area contributed by atoms with Crippen LogP contribution >= 0.6 is 15.9 Å². The number of fused-ring (bicyclic) bond motifs is 1. The molecule has 0 bridgehead atoms. The number of benzene rings is 3. The number of amides is 1. The Labute approximate surface area is 233 Å². The number of piperazine rings is 1. The molecule has 4 aromatic rings. The summed E-state index contributed by atoms with van der Waals surface area (Å²) in [6.07, 6.45) is 2.01. The Morgan fingerprint density at radius 1 is 0.921 bits per heavy atom. The number of imidazole rings is 1. The van der Waals surface area contributed by atoms with Crippen molar-refractivity contribution < 1.29 is 4.79 Å². The van der Waals surface area contributed by atoms with Gasteiger partial charge in [0, 0.05) is 48.6 Å². The minimum Gasteiger partial charge on any atom is -0.368 e. The largest absolute Gasteiger partial charge is 0.368 e. The Hall–Kier alpha value is -3.16. The zero-order valence-electron chi connectivity index (χ0n) is 21.9. The molecule has 2 fully saturated rings. The highest BCUT2D eigenvalue weighted by atomic mass is 79.9. The molecule has 6 nitrogen and oxygen atoms in total. The lowest BCUT2D eigenvalue weighted by Gasteiger charge is -2.40. The first-order valence-electron chi connectivity index (χ1n) is 13.6. The Morgan fingerprint density at radius 2 is 1.66 bits per heavy atom. The normalized spacial score (nSPS) is 18.7. The van der Waals surface area contributed by atoms with Gasteiger partial charge in [0.2, 0.25) is 5.91 Å². The fourth-order valence-electron chi connectivity index (χ4n) is 6.01. The number of halogens is 1. The summed E-state index contributed by atoms with van der Waals surface area (Å²) in [7, 11) is 0. The standard InChI is InChI=1S/C31H34BrN5O/c1-23-7-2-4-10-28(23)35-17-19-36(20-18-35)31(38)24-8-6-16-34(21-24)22-30-33-27-9-3-5-11-29(27)37(30)26-14-12-25(32)13-15-26/h2-5,7,9-15,24H,6,8,16-22H2,1H3/t24-/m0/s1. The molecule has 1 aromatic heterocycles. The molecule has 3 heterocycles. The molecule has 2 aliphatic heterocycles. The zero-order valence-corrected chi connectivity index (χ0v) is 23.5. The van der Waals surface area contributed by atoms with E-state index in [1.54, 1.807) is 0 Å². The minimum atomic E-state index is 0.0549. The van der Waals surface area contributed by atoms with Crippen molar-refractivity contribution in [3.8, 4) is 5.69 Å². The molecule has 0 spiro atoms. The van der Waals surface area contributed by atoms with Crippen LogP contribution in [0.4, 0.5) is 5.69 Å². The van der Waals surface area contributed by atoms with E-state index in [-0.39, 0.29) is 5.92 Å². The smallest absolute Gasteiger partial charge is 0.227 e. The van der Waals surface area contributed by atoms with Crippen LogP contribution in [0, 0.1) is 12.8 Å². The van der Waals surface area contributed by atoms with Crippen LogP contribution in [-0.4, -0.2) is 64.5 Å². The average Bonchev–Trinajstić information content (AvgIpc) is 3.31. The molecule has 2 saturated heterocycles. The molecule has 7 heteroatoms. The van der Waals surface area contributed by atoms with Crippen molar-refractivity contribution in [2.24, 2.45) is 5.92 Å². The number of piperidine rings is 1. The second-order valence-electron chi connectivity index (χ2n) is 10.5. The van der Waals surface area contributed by atoms with Crippen LogP contribution in [0.25, 0.3) is 16.7 Å². The maximum Gasteiger partial charge on any atom is 0.227 e. The summed E-state index contributed by atoms with van der Waals surface area (Å²) in [4.78, 5) is 25.5. The number of hydrogen-bond acceptors (Lipinski definition) is 4. The first-order chi connectivity index (χ1) is 18.6. The van der Waals surface area contributed by atoms with Crippen molar-refractivity contribution >= 4 is 38.6 Å². The zero-order chi connectivity index (χ0) is 26.1. The van der Waals surface area contributed by atoms with Crippen molar-refractivity contribution in [1.82, 2.24) is 19.4 Å². The number of anilines is 1. The van der Waals surface area contributed by atoms with E-state index in [9.17, 15) is 4.79 Å². The predicted molar refractivity (Wildman–Crippen MR) is 157 cm³/mol. The van der Waals surface area contributed by atoms with E-state index in [0.717, 1.165) is 85.7 Å². The average molecular weight is 573 g/mol. The van der Waals surface area contributed by atoms with Gasteiger partial charge in [-0.15, -0.1) is 0 Å². The van der Waals surface area contributed by atoms with Gasteiger partial charge in [-0.1, -0.05) is 46.3 Å². The molecule has 3 aromatic carbocycles. The Bertz CT molecular complexity index is 1420. The fraction of sp³-hybridized carbons (Fsp3) is 0.355. The fourth-order valence-corrected chi connectivity index (χ4v) is 6.27. The molecule has 38 heavy (non-hydrogen) atoms. The van der Waals surface area contributed by atoms with Gasteiger partial charge in [0.1, 0.15) is 5.82 Å². The monoisotopic (exact) mass is 571 g/mol. The molecule has 6 rings (SSSR count). The molecule has 196 valence electrons. The van der Waals surface area contributed by atoms with Crippen LogP contribution < -0.4 is 4.90 Å².